The molecule has 0 saturated carbocycles. The van der Waals surface area contributed by atoms with Gasteiger partial charge in [0.25, 0.3) is 5.91 Å². The fourth-order valence-corrected chi connectivity index (χ4v) is 3.72. The van der Waals surface area contributed by atoms with Gasteiger partial charge in [-0.3, -0.25) is 9.59 Å². The van der Waals surface area contributed by atoms with Crippen molar-refractivity contribution in [2.24, 2.45) is 5.92 Å². The Morgan fingerprint density at radius 3 is 2.52 bits per heavy atom. The minimum absolute atomic E-state index is 0.0104. The van der Waals surface area contributed by atoms with E-state index in [1.165, 1.54) is 0 Å². The molecule has 0 N–H and O–H groups in total. The number of benzene rings is 1. The molecule has 7 heteroatoms. The lowest BCUT2D eigenvalue weighted by Gasteiger charge is -2.29. The summed E-state index contributed by atoms with van der Waals surface area (Å²) in [6, 6.07) is 10.6. The third kappa shape index (κ3) is 6.59. The van der Waals surface area contributed by atoms with Gasteiger partial charge in [-0.05, 0) is 55.2 Å². The summed E-state index contributed by atoms with van der Waals surface area (Å²) in [6.45, 7) is 6.14. The van der Waals surface area contributed by atoms with Crippen molar-refractivity contribution in [1.82, 2.24) is 9.80 Å². The second kappa shape index (κ2) is 11.0. The van der Waals surface area contributed by atoms with Crippen LogP contribution in [-0.2, 0) is 16.1 Å². The van der Waals surface area contributed by atoms with Crippen LogP contribution < -0.4 is 4.74 Å². The molecule has 0 unspecified atom stereocenters. The third-order valence-corrected chi connectivity index (χ3v) is 5.26. The lowest BCUT2D eigenvalue weighted by atomic mass is 10.1. The van der Waals surface area contributed by atoms with E-state index in [2.05, 4.69) is 0 Å². The number of amides is 2. The van der Waals surface area contributed by atoms with Gasteiger partial charge in [-0.25, -0.2) is 0 Å². The van der Waals surface area contributed by atoms with Crippen LogP contribution in [0.1, 0.15) is 42.8 Å². The summed E-state index contributed by atoms with van der Waals surface area (Å²) in [6.07, 6.45) is 3.56. The average Bonchev–Trinajstić information content (AvgIpc) is 3.46. The molecule has 2 amide bonds. The van der Waals surface area contributed by atoms with Gasteiger partial charge >= 0.3 is 0 Å². The maximum atomic E-state index is 13.3. The molecule has 31 heavy (non-hydrogen) atoms. The molecule has 0 radical (unpaired) electrons. The molecule has 0 aliphatic carbocycles. The Morgan fingerprint density at radius 1 is 1.16 bits per heavy atom. The Labute approximate surface area is 183 Å². The molecule has 1 aliphatic heterocycles. The standard InChI is InChI=1S/C24H32N2O5/c1-18(2)14-26(24(28)19-8-10-20(29-3)11-9-19)17-23(27)25(15-21-6-4-12-30-21)16-22-7-5-13-31-22/h4,6,8-12,18,22H,5,7,13-17H2,1-3H3/t22-/m0/s1. The highest BCUT2D eigenvalue weighted by atomic mass is 16.5. The Kier molecular flexibility index (Phi) is 8.12. The smallest absolute Gasteiger partial charge is 0.254 e. The molecular formula is C24H32N2O5. The van der Waals surface area contributed by atoms with Gasteiger partial charge in [0.2, 0.25) is 5.91 Å². The van der Waals surface area contributed by atoms with Gasteiger partial charge < -0.3 is 23.7 Å². The maximum Gasteiger partial charge on any atom is 0.254 e. The molecule has 1 fully saturated rings. The van der Waals surface area contributed by atoms with E-state index >= 15 is 0 Å². The summed E-state index contributed by atoms with van der Waals surface area (Å²) in [4.78, 5) is 29.8. The summed E-state index contributed by atoms with van der Waals surface area (Å²) < 4.78 is 16.4. The van der Waals surface area contributed by atoms with Crippen molar-refractivity contribution in [2.45, 2.75) is 39.3 Å². The summed E-state index contributed by atoms with van der Waals surface area (Å²) in [5.41, 5.74) is 0.533. The molecule has 7 nitrogen and oxygen atoms in total. The van der Waals surface area contributed by atoms with Crippen molar-refractivity contribution in [2.75, 3.05) is 33.4 Å². The van der Waals surface area contributed by atoms with Crippen LogP contribution >= 0.6 is 0 Å². The quantitative estimate of drug-likeness (QED) is 0.578. The Hall–Kier alpha value is -2.80. The number of furan rings is 1. The second-order valence-corrected chi connectivity index (χ2v) is 8.30. The zero-order valence-corrected chi connectivity index (χ0v) is 18.6. The van der Waals surface area contributed by atoms with Crippen LogP contribution in [0.15, 0.2) is 47.1 Å². The molecule has 1 aromatic heterocycles. The van der Waals surface area contributed by atoms with Crippen molar-refractivity contribution >= 4 is 11.8 Å². The van der Waals surface area contributed by atoms with E-state index in [9.17, 15) is 9.59 Å². The van der Waals surface area contributed by atoms with Crippen LogP contribution in [0.2, 0.25) is 0 Å². The molecule has 1 aliphatic rings. The fraction of sp³-hybridized carbons (Fsp3) is 0.500. The fourth-order valence-electron chi connectivity index (χ4n) is 3.72. The van der Waals surface area contributed by atoms with Gasteiger partial charge in [-0.2, -0.15) is 0 Å². The molecule has 2 aromatic rings. The highest BCUT2D eigenvalue weighted by molar-refractivity contribution is 5.96. The SMILES string of the molecule is COc1ccc(C(=O)N(CC(=O)N(Cc2ccco2)C[C@@H]2CCCO2)CC(C)C)cc1. The van der Waals surface area contributed by atoms with E-state index in [0.717, 1.165) is 19.4 Å². The minimum Gasteiger partial charge on any atom is -0.497 e. The normalized spacial score (nSPS) is 15.8. The van der Waals surface area contributed by atoms with Gasteiger partial charge in [0.15, 0.2) is 0 Å². The predicted octanol–water partition coefficient (Wildman–Crippen LogP) is 3.59. The van der Waals surface area contributed by atoms with Gasteiger partial charge in [0.05, 0.1) is 26.0 Å². The first-order valence-electron chi connectivity index (χ1n) is 10.8. The first-order chi connectivity index (χ1) is 15.0. The second-order valence-electron chi connectivity index (χ2n) is 8.30. The molecule has 3 rings (SSSR count). The predicted molar refractivity (Wildman–Crippen MR) is 117 cm³/mol. The van der Waals surface area contributed by atoms with Crippen molar-refractivity contribution in [3.8, 4) is 5.75 Å². The van der Waals surface area contributed by atoms with E-state index in [1.54, 1.807) is 47.4 Å². The number of methoxy groups -OCH3 is 1. The van der Waals surface area contributed by atoms with Gasteiger partial charge in [-0.15, -0.1) is 0 Å². The number of carbonyl (C=O) groups excluding carboxylic acids is 2. The highest BCUT2D eigenvalue weighted by Crippen LogP contribution is 2.17. The average molecular weight is 429 g/mol. The Bertz CT molecular complexity index is 826. The van der Waals surface area contributed by atoms with Gasteiger partial charge in [0, 0.05) is 25.3 Å². The summed E-state index contributed by atoms with van der Waals surface area (Å²) in [5, 5.41) is 0. The first-order valence-corrected chi connectivity index (χ1v) is 10.8. The van der Waals surface area contributed by atoms with E-state index in [0.29, 0.717) is 36.7 Å². The molecule has 1 aromatic carbocycles. The zero-order chi connectivity index (χ0) is 22.2. The molecule has 1 atom stereocenters. The van der Waals surface area contributed by atoms with Gasteiger partial charge in [0.1, 0.15) is 18.1 Å². The number of carbonyl (C=O) groups is 2. The third-order valence-electron chi connectivity index (χ3n) is 5.26. The maximum absolute atomic E-state index is 13.3. The van der Waals surface area contributed by atoms with Crippen LogP contribution in [0.3, 0.4) is 0 Å². The minimum atomic E-state index is -0.167. The number of nitrogens with zero attached hydrogens (tertiary/aromatic N) is 2. The molecular weight excluding hydrogens is 396 g/mol. The van der Waals surface area contributed by atoms with E-state index in [1.807, 2.05) is 26.0 Å². The van der Waals surface area contributed by atoms with E-state index in [4.69, 9.17) is 13.9 Å². The van der Waals surface area contributed by atoms with Crippen LogP contribution in [0, 0.1) is 5.92 Å². The number of ether oxygens (including phenoxy) is 2. The van der Waals surface area contributed by atoms with E-state index < -0.39 is 0 Å². The van der Waals surface area contributed by atoms with Crippen LogP contribution in [0.4, 0.5) is 0 Å². The topological polar surface area (TPSA) is 72.2 Å². The van der Waals surface area contributed by atoms with Gasteiger partial charge in [-0.1, -0.05) is 13.8 Å². The number of rotatable bonds is 10. The van der Waals surface area contributed by atoms with Crippen molar-refractivity contribution < 1.29 is 23.5 Å². The lowest BCUT2D eigenvalue weighted by Crippen LogP contribution is -2.46. The highest BCUT2D eigenvalue weighted by Gasteiger charge is 2.27. The Balaban J connectivity index is 1.74. The largest absolute Gasteiger partial charge is 0.497 e. The Morgan fingerprint density at radius 2 is 1.94 bits per heavy atom. The molecule has 1 saturated heterocycles. The summed E-state index contributed by atoms with van der Waals surface area (Å²) >= 11 is 0. The zero-order valence-electron chi connectivity index (χ0n) is 18.6. The van der Waals surface area contributed by atoms with E-state index in [-0.39, 0.29) is 30.4 Å². The summed E-state index contributed by atoms with van der Waals surface area (Å²) in [7, 11) is 1.59. The molecule has 0 bridgehead atoms. The molecule has 0 spiro atoms. The van der Waals surface area contributed by atoms with Crippen LogP contribution in [0.5, 0.6) is 5.75 Å². The van der Waals surface area contributed by atoms with Crippen LogP contribution in [0.25, 0.3) is 0 Å². The molecule has 2 heterocycles. The van der Waals surface area contributed by atoms with Crippen molar-refractivity contribution in [1.29, 1.82) is 0 Å². The van der Waals surface area contributed by atoms with Crippen molar-refractivity contribution in [3.63, 3.8) is 0 Å². The summed E-state index contributed by atoms with van der Waals surface area (Å²) in [5.74, 6) is 1.34. The van der Waals surface area contributed by atoms with Crippen LogP contribution in [-0.4, -0.2) is 61.1 Å². The first kappa shape index (κ1) is 22.9. The molecule has 168 valence electrons. The number of hydrogen-bond acceptors (Lipinski definition) is 5. The lowest BCUT2D eigenvalue weighted by molar-refractivity contribution is -0.134. The monoisotopic (exact) mass is 428 g/mol. The van der Waals surface area contributed by atoms with Crippen molar-refractivity contribution in [3.05, 3.63) is 54.0 Å². The number of hydrogen-bond donors (Lipinski definition) is 0.